The zero-order chi connectivity index (χ0) is 22.8. The highest BCUT2D eigenvalue weighted by Gasteiger charge is 2.61. The Hall–Kier alpha value is -0.590. The normalized spacial score (nSPS) is 47.1. The van der Waals surface area contributed by atoms with Crippen LogP contribution >= 0.6 is 0 Å². The summed E-state index contributed by atoms with van der Waals surface area (Å²) in [5.74, 6) is 0.566. The van der Waals surface area contributed by atoms with Crippen LogP contribution in [0.1, 0.15) is 72.1 Å². The van der Waals surface area contributed by atoms with Gasteiger partial charge in [-0.2, -0.15) is 13.2 Å². The van der Waals surface area contributed by atoms with Gasteiger partial charge in [0.2, 0.25) is 0 Å². The first-order valence-electron chi connectivity index (χ1n) is 12.0. The Kier molecular flexibility index (Phi) is 5.88. The second-order valence-corrected chi connectivity index (χ2v) is 11.7. The van der Waals surface area contributed by atoms with Crippen LogP contribution < -0.4 is 0 Å². The van der Waals surface area contributed by atoms with Crippen LogP contribution in [-0.2, 0) is 4.74 Å². The van der Waals surface area contributed by atoms with Crippen molar-refractivity contribution in [1.29, 1.82) is 0 Å². The molecule has 0 saturated heterocycles. The maximum Gasteiger partial charge on any atom is 0.414 e. The van der Waals surface area contributed by atoms with Crippen molar-refractivity contribution in [3.8, 4) is 0 Å². The number of ether oxygens (including phenoxy) is 1. The van der Waals surface area contributed by atoms with E-state index in [9.17, 15) is 23.4 Å². The maximum atomic E-state index is 13.2. The molecule has 0 aromatic carbocycles. The molecule has 0 aromatic heterocycles. The minimum Gasteiger partial charge on any atom is -0.387 e. The van der Waals surface area contributed by atoms with Crippen molar-refractivity contribution in [3.63, 3.8) is 0 Å². The first kappa shape index (κ1) is 23.6. The second kappa shape index (κ2) is 7.73. The molecule has 0 spiro atoms. The van der Waals surface area contributed by atoms with Crippen LogP contribution in [0.2, 0.25) is 0 Å². The lowest BCUT2D eigenvalue weighted by Crippen LogP contribution is -2.53. The monoisotopic (exact) mass is 444 g/mol. The summed E-state index contributed by atoms with van der Waals surface area (Å²) in [5, 5.41) is 20.9. The van der Waals surface area contributed by atoms with Gasteiger partial charge < -0.3 is 14.9 Å². The van der Waals surface area contributed by atoms with E-state index in [0.717, 1.165) is 44.9 Å². The van der Waals surface area contributed by atoms with Crippen molar-refractivity contribution < 1.29 is 28.1 Å². The molecule has 4 aliphatic rings. The van der Waals surface area contributed by atoms with E-state index in [2.05, 4.69) is 19.9 Å². The fraction of sp³-hybridized carbons (Fsp3) is 0.920. The molecular weight excluding hydrogens is 405 g/mol. The van der Waals surface area contributed by atoms with Crippen molar-refractivity contribution in [3.05, 3.63) is 11.6 Å². The van der Waals surface area contributed by atoms with Crippen molar-refractivity contribution in [2.75, 3.05) is 13.7 Å². The van der Waals surface area contributed by atoms with Gasteiger partial charge >= 0.3 is 6.18 Å². The summed E-state index contributed by atoms with van der Waals surface area (Å²) < 4.78 is 45.0. The summed E-state index contributed by atoms with van der Waals surface area (Å²) in [7, 11) is 1.63. The number of aliphatic hydroxyl groups excluding tert-OH is 1. The van der Waals surface area contributed by atoms with Gasteiger partial charge in [0, 0.05) is 7.11 Å². The van der Waals surface area contributed by atoms with E-state index >= 15 is 0 Å². The van der Waals surface area contributed by atoms with Gasteiger partial charge in [0.1, 0.15) is 0 Å². The molecule has 0 bridgehead atoms. The lowest BCUT2D eigenvalue weighted by Gasteiger charge is -2.59. The summed E-state index contributed by atoms with van der Waals surface area (Å²) in [5.41, 5.74) is 0.510. The van der Waals surface area contributed by atoms with Crippen LogP contribution in [0.15, 0.2) is 11.6 Å². The van der Waals surface area contributed by atoms with Gasteiger partial charge in [-0.3, -0.25) is 0 Å². The highest BCUT2D eigenvalue weighted by molar-refractivity contribution is 5.27. The Balaban J connectivity index is 1.57. The molecule has 9 atom stereocenters. The molecule has 178 valence electrons. The maximum absolute atomic E-state index is 13.2. The fourth-order valence-corrected chi connectivity index (χ4v) is 8.53. The summed E-state index contributed by atoms with van der Waals surface area (Å²) >= 11 is 0. The Labute approximate surface area is 184 Å². The van der Waals surface area contributed by atoms with Crippen molar-refractivity contribution >= 4 is 0 Å². The molecule has 0 aromatic rings. The number of rotatable bonds is 4. The van der Waals surface area contributed by atoms with Crippen LogP contribution in [0, 0.1) is 40.4 Å². The van der Waals surface area contributed by atoms with E-state index in [-0.39, 0.29) is 16.7 Å². The van der Waals surface area contributed by atoms with Crippen LogP contribution in [0.25, 0.3) is 0 Å². The highest BCUT2D eigenvalue weighted by Crippen LogP contribution is 2.68. The van der Waals surface area contributed by atoms with Crippen molar-refractivity contribution in [2.45, 2.75) is 90.0 Å². The molecule has 31 heavy (non-hydrogen) atoms. The van der Waals surface area contributed by atoms with Crippen LogP contribution in [-0.4, -0.2) is 41.8 Å². The van der Waals surface area contributed by atoms with E-state index < -0.39 is 23.8 Å². The van der Waals surface area contributed by atoms with Crippen molar-refractivity contribution in [2.24, 2.45) is 40.4 Å². The first-order chi connectivity index (χ1) is 14.4. The van der Waals surface area contributed by atoms with E-state index in [0.29, 0.717) is 30.8 Å². The van der Waals surface area contributed by atoms with Gasteiger partial charge in [0.25, 0.3) is 0 Å². The molecule has 0 aliphatic heterocycles. The summed E-state index contributed by atoms with van der Waals surface area (Å²) in [6.07, 6.45) is 2.55. The Bertz CT molecular complexity index is 721. The van der Waals surface area contributed by atoms with Crippen LogP contribution in [0.4, 0.5) is 13.2 Å². The number of hydrogen-bond acceptors (Lipinski definition) is 3. The molecule has 4 rings (SSSR count). The molecule has 6 heteroatoms. The predicted molar refractivity (Wildman–Crippen MR) is 113 cm³/mol. The minimum absolute atomic E-state index is 0.0689. The number of alkyl halides is 3. The molecule has 3 saturated carbocycles. The van der Waals surface area contributed by atoms with Gasteiger partial charge in [-0.25, -0.2) is 0 Å². The van der Waals surface area contributed by atoms with E-state index in [1.165, 1.54) is 5.57 Å². The number of fused-ring (bicyclic) bond motifs is 5. The third-order valence-corrected chi connectivity index (χ3v) is 10.2. The highest BCUT2D eigenvalue weighted by atomic mass is 19.4. The third-order valence-electron chi connectivity index (χ3n) is 10.2. The minimum atomic E-state index is -4.55. The smallest absolute Gasteiger partial charge is 0.387 e. The zero-order valence-electron chi connectivity index (χ0n) is 19.3. The lowest BCUT2D eigenvalue weighted by molar-refractivity contribution is -0.227. The van der Waals surface area contributed by atoms with Gasteiger partial charge in [-0.05, 0) is 91.8 Å². The molecule has 0 heterocycles. The number of aliphatic hydroxyl groups is 2. The summed E-state index contributed by atoms with van der Waals surface area (Å²) in [4.78, 5) is 0. The average molecular weight is 445 g/mol. The number of methoxy groups -OCH3 is 1. The largest absolute Gasteiger partial charge is 0.414 e. The summed E-state index contributed by atoms with van der Waals surface area (Å²) in [6, 6.07) is 0. The van der Waals surface area contributed by atoms with E-state index in [1.807, 2.05) is 0 Å². The van der Waals surface area contributed by atoms with Crippen LogP contribution in [0.3, 0.4) is 0 Å². The predicted octanol–water partition coefficient (Wildman–Crippen LogP) is 5.50. The number of allylic oxidation sites excluding steroid dienone is 1. The standard InChI is InChI=1S/C25H39F3O3/c1-15(21(29)25(26,27)28)18-7-8-19-17-6-5-16-13-24(30,14-31-4)12-11-22(16,2)20(17)9-10-23(18,19)3/h5,15,17-21,29-30H,6-14H2,1-4H3/t15-,17-,18+,19-,20?,21+,22-,23+,24-/m0/s1. The molecule has 2 N–H and O–H groups in total. The molecule has 4 aliphatic carbocycles. The zero-order valence-corrected chi connectivity index (χ0v) is 19.3. The first-order valence-corrected chi connectivity index (χ1v) is 12.0. The Morgan fingerprint density at radius 3 is 2.48 bits per heavy atom. The summed E-state index contributed by atoms with van der Waals surface area (Å²) in [6.45, 7) is 6.51. The topological polar surface area (TPSA) is 49.7 Å². The molecular formula is C25H39F3O3. The lowest BCUT2D eigenvalue weighted by atomic mass is 9.46. The number of halogens is 3. The third kappa shape index (κ3) is 3.69. The quantitative estimate of drug-likeness (QED) is 0.563. The molecule has 0 amide bonds. The van der Waals surface area contributed by atoms with Gasteiger partial charge in [-0.15, -0.1) is 0 Å². The van der Waals surface area contributed by atoms with Gasteiger partial charge in [0.15, 0.2) is 6.10 Å². The number of hydrogen-bond donors (Lipinski definition) is 2. The molecule has 1 unspecified atom stereocenters. The van der Waals surface area contributed by atoms with Crippen LogP contribution in [0.5, 0.6) is 0 Å². The van der Waals surface area contributed by atoms with Gasteiger partial charge in [-0.1, -0.05) is 32.4 Å². The van der Waals surface area contributed by atoms with Gasteiger partial charge in [0.05, 0.1) is 12.2 Å². The SMILES string of the molecule is COC[C@]1(O)CC[C@@]2(C)C(=CC[C@@H]3C2CC[C@]2(C)[C@@H]([C@H](C)[C@@H](O)C(F)(F)F)CC[C@@H]32)C1. The molecule has 3 fully saturated rings. The average Bonchev–Trinajstić information content (AvgIpc) is 3.04. The second-order valence-electron chi connectivity index (χ2n) is 11.7. The molecule has 0 radical (unpaired) electrons. The Morgan fingerprint density at radius 2 is 1.84 bits per heavy atom. The van der Waals surface area contributed by atoms with E-state index in [1.54, 1.807) is 14.0 Å². The van der Waals surface area contributed by atoms with Crippen molar-refractivity contribution in [1.82, 2.24) is 0 Å². The van der Waals surface area contributed by atoms with E-state index in [4.69, 9.17) is 4.74 Å². The fourth-order valence-electron chi connectivity index (χ4n) is 8.53. The molecule has 3 nitrogen and oxygen atoms in total. The Morgan fingerprint density at radius 1 is 1.13 bits per heavy atom.